The highest BCUT2D eigenvalue weighted by Crippen LogP contribution is 2.27. The van der Waals surface area contributed by atoms with E-state index in [-0.39, 0.29) is 0 Å². The van der Waals surface area contributed by atoms with Gasteiger partial charge in [-0.3, -0.25) is 0 Å². The fourth-order valence-electron chi connectivity index (χ4n) is 1.51. The lowest BCUT2D eigenvalue weighted by Crippen LogP contribution is -1.95. The first-order valence-electron chi connectivity index (χ1n) is 4.85. The molecule has 0 bridgehead atoms. The zero-order valence-corrected chi connectivity index (χ0v) is 9.98. The van der Waals surface area contributed by atoms with Crippen LogP contribution in [0.5, 0.6) is 0 Å². The third kappa shape index (κ3) is 2.19. The molecule has 0 radical (unpaired) electrons. The Balaban J connectivity index is 2.51. The summed E-state index contributed by atoms with van der Waals surface area (Å²) in [5.41, 5.74) is 3.16. The summed E-state index contributed by atoms with van der Waals surface area (Å²) in [5.74, 6) is 0. The maximum Gasteiger partial charge on any atom is 0.136 e. The molecule has 0 atom stereocenters. The van der Waals surface area contributed by atoms with Crippen LogP contribution in [-0.4, -0.2) is 9.97 Å². The van der Waals surface area contributed by atoms with Crippen molar-refractivity contribution in [2.75, 3.05) is 0 Å². The molecule has 0 amide bonds. The Morgan fingerprint density at radius 2 is 2.27 bits per heavy atom. The summed E-state index contributed by atoms with van der Waals surface area (Å²) >= 11 is 7.74. The van der Waals surface area contributed by atoms with Gasteiger partial charge in [0, 0.05) is 16.5 Å². The van der Waals surface area contributed by atoms with Crippen molar-refractivity contribution in [3.05, 3.63) is 33.9 Å². The number of nitrogens with zero attached hydrogens (tertiary/aromatic N) is 2. The number of hydrogen-bond donors (Lipinski definition) is 0. The zero-order chi connectivity index (χ0) is 10.7. The number of hydrogen-bond acceptors (Lipinski definition) is 3. The van der Waals surface area contributed by atoms with Crippen molar-refractivity contribution in [2.24, 2.45) is 0 Å². The van der Waals surface area contributed by atoms with Crippen LogP contribution in [0.15, 0.2) is 23.2 Å². The van der Waals surface area contributed by atoms with Crippen LogP contribution in [0.4, 0.5) is 0 Å². The minimum atomic E-state index is 0.577. The molecule has 0 aromatic carbocycles. The molecule has 78 valence electrons. The van der Waals surface area contributed by atoms with Crippen molar-refractivity contribution >= 4 is 22.9 Å². The first kappa shape index (κ1) is 10.6. The van der Waals surface area contributed by atoms with Gasteiger partial charge >= 0.3 is 0 Å². The molecule has 4 heteroatoms. The third-order valence-electron chi connectivity index (χ3n) is 2.19. The molecule has 0 fully saturated rings. The van der Waals surface area contributed by atoms with Gasteiger partial charge in [-0.25, -0.2) is 9.97 Å². The summed E-state index contributed by atoms with van der Waals surface area (Å²) in [4.78, 5) is 8.34. The first-order chi connectivity index (χ1) is 7.33. The molecule has 0 spiro atoms. The molecule has 2 heterocycles. The minimum absolute atomic E-state index is 0.577. The highest BCUT2D eigenvalue weighted by atomic mass is 35.5. The second-order valence-electron chi connectivity index (χ2n) is 3.25. The highest BCUT2D eigenvalue weighted by molar-refractivity contribution is 7.08. The average Bonchev–Trinajstić information content (AvgIpc) is 2.74. The van der Waals surface area contributed by atoms with Crippen LogP contribution < -0.4 is 0 Å². The molecule has 0 aliphatic heterocycles. The fraction of sp³-hybridized carbons (Fsp3) is 0.273. The zero-order valence-electron chi connectivity index (χ0n) is 8.40. The van der Waals surface area contributed by atoms with Gasteiger partial charge < -0.3 is 0 Å². The predicted molar refractivity (Wildman–Crippen MR) is 64.4 cm³/mol. The Bertz CT molecular complexity index is 440. The molecule has 0 saturated heterocycles. The van der Waals surface area contributed by atoms with Crippen LogP contribution in [0.2, 0.25) is 5.15 Å². The summed E-state index contributed by atoms with van der Waals surface area (Å²) in [5, 5.41) is 4.70. The van der Waals surface area contributed by atoms with Crippen LogP contribution in [0.3, 0.4) is 0 Å². The molecular formula is C11H11ClN2S. The average molecular weight is 239 g/mol. The second-order valence-corrected chi connectivity index (χ2v) is 4.39. The van der Waals surface area contributed by atoms with Gasteiger partial charge in [0.1, 0.15) is 11.5 Å². The molecule has 2 aromatic rings. The van der Waals surface area contributed by atoms with Gasteiger partial charge in [0.25, 0.3) is 0 Å². The van der Waals surface area contributed by atoms with Crippen LogP contribution in [-0.2, 0) is 6.42 Å². The van der Waals surface area contributed by atoms with E-state index in [2.05, 4.69) is 28.3 Å². The van der Waals surface area contributed by atoms with Gasteiger partial charge in [-0.1, -0.05) is 24.9 Å². The van der Waals surface area contributed by atoms with Gasteiger partial charge in [-0.2, -0.15) is 11.3 Å². The van der Waals surface area contributed by atoms with E-state index in [0.29, 0.717) is 5.15 Å². The summed E-state index contributed by atoms with van der Waals surface area (Å²) in [6.07, 6.45) is 3.49. The summed E-state index contributed by atoms with van der Waals surface area (Å²) in [6, 6.07) is 2.06. The molecule has 2 rings (SSSR count). The lowest BCUT2D eigenvalue weighted by molar-refractivity contribution is 0.904. The van der Waals surface area contributed by atoms with Gasteiger partial charge in [-0.15, -0.1) is 0 Å². The summed E-state index contributed by atoms with van der Waals surface area (Å²) in [7, 11) is 0. The van der Waals surface area contributed by atoms with Crippen molar-refractivity contribution in [3.63, 3.8) is 0 Å². The largest absolute Gasteiger partial charge is 0.236 e. The quantitative estimate of drug-likeness (QED) is 0.760. The van der Waals surface area contributed by atoms with E-state index in [1.165, 1.54) is 6.33 Å². The predicted octanol–water partition coefficient (Wildman–Crippen LogP) is 3.81. The van der Waals surface area contributed by atoms with Crippen molar-refractivity contribution < 1.29 is 0 Å². The Morgan fingerprint density at radius 1 is 1.40 bits per heavy atom. The third-order valence-corrected chi connectivity index (χ3v) is 3.20. The fourth-order valence-corrected chi connectivity index (χ4v) is 2.38. The summed E-state index contributed by atoms with van der Waals surface area (Å²) < 4.78 is 0. The molecule has 0 unspecified atom stereocenters. The molecule has 0 N–H and O–H groups in total. The van der Waals surface area contributed by atoms with E-state index in [1.807, 2.05) is 5.38 Å². The highest BCUT2D eigenvalue weighted by Gasteiger charge is 2.10. The minimum Gasteiger partial charge on any atom is -0.236 e. The van der Waals surface area contributed by atoms with Gasteiger partial charge in [-0.05, 0) is 17.9 Å². The molecular weight excluding hydrogens is 228 g/mol. The summed E-state index contributed by atoms with van der Waals surface area (Å²) in [6.45, 7) is 2.13. The molecule has 2 aromatic heterocycles. The number of halogens is 1. The van der Waals surface area contributed by atoms with Crippen LogP contribution in [0, 0.1) is 0 Å². The molecule has 15 heavy (non-hydrogen) atoms. The van der Waals surface area contributed by atoms with E-state index >= 15 is 0 Å². The molecule has 0 aliphatic rings. The Morgan fingerprint density at radius 3 is 2.93 bits per heavy atom. The van der Waals surface area contributed by atoms with Crippen LogP contribution >= 0.6 is 22.9 Å². The standard InChI is InChI=1S/C11H11ClN2S/c1-2-3-9-10(8-4-5-15-6-8)13-7-14-11(9)12/h4-7H,2-3H2,1H3. The van der Waals surface area contributed by atoms with Crippen LogP contribution in [0.25, 0.3) is 11.3 Å². The van der Waals surface area contributed by atoms with E-state index in [9.17, 15) is 0 Å². The Kier molecular flexibility index (Phi) is 3.34. The number of aromatic nitrogens is 2. The van der Waals surface area contributed by atoms with Crippen molar-refractivity contribution in [3.8, 4) is 11.3 Å². The van der Waals surface area contributed by atoms with E-state index in [0.717, 1.165) is 29.7 Å². The maximum absolute atomic E-state index is 6.08. The molecule has 0 saturated carbocycles. The number of rotatable bonds is 3. The normalized spacial score (nSPS) is 10.5. The van der Waals surface area contributed by atoms with Crippen molar-refractivity contribution in [1.82, 2.24) is 9.97 Å². The van der Waals surface area contributed by atoms with E-state index in [1.54, 1.807) is 11.3 Å². The molecule has 2 nitrogen and oxygen atoms in total. The monoisotopic (exact) mass is 238 g/mol. The maximum atomic E-state index is 6.08. The smallest absolute Gasteiger partial charge is 0.136 e. The lowest BCUT2D eigenvalue weighted by Gasteiger charge is -2.06. The number of thiophene rings is 1. The Labute approximate surface area is 98.0 Å². The van der Waals surface area contributed by atoms with E-state index in [4.69, 9.17) is 11.6 Å². The first-order valence-corrected chi connectivity index (χ1v) is 6.17. The van der Waals surface area contributed by atoms with Gasteiger partial charge in [0.15, 0.2) is 0 Å². The van der Waals surface area contributed by atoms with Crippen molar-refractivity contribution in [1.29, 1.82) is 0 Å². The van der Waals surface area contributed by atoms with Gasteiger partial charge in [0.05, 0.1) is 5.69 Å². The van der Waals surface area contributed by atoms with Gasteiger partial charge in [0.2, 0.25) is 0 Å². The topological polar surface area (TPSA) is 25.8 Å². The lowest BCUT2D eigenvalue weighted by atomic mass is 10.1. The second kappa shape index (κ2) is 4.73. The molecule has 0 aliphatic carbocycles. The van der Waals surface area contributed by atoms with E-state index < -0.39 is 0 Å². The Hall–Kier alpha value is -0.930. The van der Waals surface area contributed by atoms with Crippen LogP contribution in [0.1, 0.15) is 18.9 Å². The SMILES string of the molecule is CCCc1c(Cl)ncnc1-c1ccsc1. The van der Waals surface area contributed by atoms with Crippen molar-refractivity contribution in [2.45, 2.75) is 19.8 Å².